The maximum atomic E-state index is 2.67. The molecule has 0 aromatic heterocycles. The van der Waals surface area contributed by atoms with E-state index in [0.29, 0.717) is 0 Å². The van der Waals surface area contributed by atoms with Crippen molar-refractivity contribution in [1.82, 2.24) is 4.90 Å². The first-order valence-corrected chi connectivity index (χ1v) is 7.07. The van der Waals surface area contributed by atoms with E-state index in [4.69, 9.17) is 0 Å². The Hall–Kier alpha value is 0.250. The summed E-state index contributed by atoms with van der Waals surface area (Å²) in [6.07, 6.45) is 11.0. The molecule has 0 amide bonds. The van der Waals surface area contributed by atoms with Crippen molar-refractivity contribution < 1.29 is 0 Å². The molecule has 0 aliphatic rings. The van der Waals surface area contributed by atoms with E-state index in [1.54, 1.807) is 0 Å². The van der Waals surface area contributed by atoms with Gasteiger partial charge in [-0.05, 0) is 38.9 Å². The third-order valence-electron chi connectivity index (χ3n) is 2.98. The van der Waals surface area contributed by atoms with Crippen LogP contribution in [0.2, 0.25) is 0 Å². The highest BCUT2D eigenvalue weighted by molar-refractivity contribution is 5.85. The summed E-state index contributed by atoms with van der Waals surface area (Å²) in [5.74, 6) is 0. The number of unbranched alkanes of at least 4 members (excludes halogenated alkanes) is 5. The molecular formula is C14H32ClN. The van der Waals surface area contributed by atoms with Crippen molar-refractivity contribution >= 4 is 12.4 Å². The summed E-state index contributed by atoms with van der Waals surface area (Å²) < 4.78 is 0. The summed E-state index contributed by atoms with van der Waals surface area (Å²) in [4.78, 5) is 2.67. The Labute approximate surface area is 109 Å². The lowest BCUT2D eigenvalue weighted by atomic mass is 10.2. The van der Waals surface area contributed by atoms with E-state index in [9.17, 15) is 0 Å². The highest BCUT2D eigenvalue weighted by Crippen LogP contribution is 2.04. The topological polar surface area (TPSA) is 3.24 Å². The van der Waals surface area contributed by atoms with E-state index in [2.05, 4.69) is 25.7 Å². The van der Waals surface area contributed by atoms with Gasteiger partial charge >= 0.3 is 0 Å². The van der Waals surface area contributed by atoms with Gasteiger partial charge in [0.2, 0.25) is 0 Å². The van der Waals surface area contributed by atoms with Crippen LogP contribution >= 0.6 is 12.4 Å². The molecule has 0 N–H and O–H groups in total. The predicted octanol–water partition coefficient (Wildman–Crippen LogP) is 4.89. The Morgan fingerprint density at radius 1 is 0.562 bits per heavy atom. The normalized spacial score (nSPS) is 10.5. The maximum Gasteiger partial charge on any atom is -0.00187 e. The molecule has 2 heteroatoms. The van der Waals surface area contributed by atoms with Gasteiger partial charge in [-0.25, -0.2) is 0 Å². The molecule has 0 rings (SSSR count). The highest BCUT2D eigenvalue weighted by Gasteiger charge is 2.02. The van der Waals surface area contributed by atoms with Crippen LogP contribution in [0.5, 0.6) is 0 Å². The zero-order chi connectivity index (χ0) is 11.4. The molecule has 0 unspecified atom stereocenters. The zero-order valence-electron chi connectivity index (χ0n) is 11.6. The molecule has 0 aliphatic carbocycles. The van der Waals surface area contributed by atoms with Gasteiger partial charge in [-0.15, -0.1) is 12.4 Å². The first kappa shape index (κ1) is 18.6. The average Bonchev–Trinajstić information content (AvgIpc) is 2.27. The largest absolute Gasteiger partial charge is 0.303 e. The lowest BCUT2D eigenvalue weighted by Crippen LogP contribution is -2.27. The van der Waals surface area contributed by atoms with Crippen LogP contribution in [0.25, 0.3) is 0 Å². The smallest absolute Gasteiger partial charge is 0.00187 e. The Kier molecular flexibility index (Phi) is 17.7. The van der Waals surface area contributed by atoms with Gasteiger partial charge in [-0.1, -0.05) is 52.9 Å². The van der Waals surface area contributed by atoms with Crippen molar-refractivity contribution in [1.29, 1.82) is 0 Å². The van der Waals surface area contributed by atoms with E-state index in [1.807, 2.05) is 0 Å². The molecule has 0 saturated heterocycles. The molecule has 0 aromatic rings. The number of hydrogen-bond acceptors (Lipinski definition) is 1. The van der Waals surface area contributed by atoms with Gasteiger partial charge in [0.1, 0.15) is 0 Å². The Morgan fingerprint density at radius 2 is 1.00 bits per heavy atom. The van der Waals surface area contributed by atoms with Gasteiger partial charge in [-0.2, -0.15) is 0 Å². The van der Waals surface area contributed by atoms with E-state index < -0.39 is 0 Å². The van der Waals surface area contributed by atoms with Crippen molar-refractivity contribution in [3.8, 4) is 0 Å². The fourth-order valence-electron chi connectivity index (χ4n) is 1.86. The molecule has 16 heavy (non-hydrogen) atoms. The Morgan fingerprint density at radius 3 is 1.44 bits per heavy atom. The third-order valence-corrected chi connectivity index (χ3v) is 2.98. The molecule has 0 atom stereocenters. The van der Waals surface area contributed by atoms with E-state index in [1.165, 1.54) is 71.0 Å². The van der Waals surface area contributed by atoms with E-state index in [0.717, 1.165) is 0 Å². The number of halogens is 1. The summed E-state index contributed by atoms with van der Waals surface area (Å²) >= 11 is 0. The molecule has 0 radical (unpaired) electrons. The second-order valence-electron chi connectivity index (χ2n) is 4.61. The van der Waals surface area contributed by atoms with Crippen LogP contribution in [0.1, 0.15) is 72.1 Å². The first-order chi connectivity index (χ1) is 7.35. The SMILES string of the molecule is CCCCCCN(CCCC)CCCC.Cl. The molecule has 0 fully saturated rings. The van der Waals surface area contributed by atoms with Crippen LogP contribution in [0, 0.1) is 0 Å². The second-order valence-corrected chi connectivity index (χ2v) is 4.61. The van der Waals surface area contributed by atoms with Crippen molar-refractivity contribution in [2.45, 2.75) is 72.1 Å². The third kappa shape index (κ3) is 12.3. The van der Waals surface area contributed by atoms with Gasteiger partial charge < -0.3 is 4.90 Å². The van der Waals surface area contributed by atoms with Gasteiger partial charge in [0.25, 0.3) is 0 Å². The molecule has 0 bridgehead atoms. The standard InChI is InChI=1S/C14H31N.ClH/c1-4-7-10-11-14-15(12-8-5-2)13-9-6-3;/h4-14H2,1-3H3;1H. The number of hydrogen-bond donors (Lipinski definition) is 0. The minimum atomic E-state index is 0. The Bertz CT molecular complexity index is 109. The van der Waals surface area contributed by atoms with Gasteiger partial charge in [-0.3, -0.25) is 0 Å². The molecule has 0 aromatic carbocycles. The zero-order valence-corrected chi connectivity index (χ0v) is 12.5. The number of rotatable bonds is 11. The summed E-state index contributed by atoms with van der Waals surface area (Å²) in [5.41, 5.74) is 0. The summed E-state index contributed by atoms with van der Waals surface area (Å²) in [6.45, 7) is 10.8. The van der Waals surface area contributed by atoms with Crippen LogP contribution in [-0.4, -0.2) is 24.5 Å². The van der Waals surface area contributed by atoms with Gasteiger partial charge in [0.15, 0.2) is 0 Å². The minimum absolute atomic E-state index is 0. The fraction of sp³-hybridized carbons (Fsp3) is 1.00. The summed E-state index contributed by atoms with van der Waals surface area (Å²) in [7, 11) is 0. The summed E-state index contributed by atoms with van der Waals surface area (Å²) in [6, 6.07) is 0. The average molecular weight is 250 g/mol. The predicted molar refractivity (Wildman–Crippen MR) is 77.6 cm³/mol. The lowest BCUT2D eigenvalue weighted by molar-refractivity contribution is 0.259. The molecule has 0 heterocycles. The highest BCUT2D eigenvalue weighted by atomic mass is 35.5. The molecule has 0 aliphatic heterocycles. The fourth-order valence-corrected chi connectivity index (χ4v) is 1.86. The molecule has 100 valence electrons. The second kappa shape index (κ2) is 15.2. The van der Waals surface area contributed by atoms with Crippen molar-refractivity contribution in [2.24, 2.45) is 0 Å². The molecule has 1 nitrogen and oxygen atoms in total. The van der Waals surface area contributed by atoms with Gasteiger partial charge in [0, 0.05) is 0 Å². The first-order valence-electron chi connectivity index (χ1n) is 7.07. The monoisotopic (exact) mass is 249 g/mol. The maximum absolute atomic E-state index is 2.67. The van der Waals surface area contributed by atoms with Gasteiger partial charge in [0.05, 0.1) is 0 Å². The van der Waals surface area contributed by atoms with Crippen LogP contribution in [0.4, 0.5) is 0 Å². The van der Waals surface area contributed by atoms with Crippen LogP contribution in [0.3, 0.4) is 0 Å². The molecule has 0 spiro atoms. The molecular weight excluding hydrogens is 218 g/mol. The van der Waals surface area contributed by atoms with Crippen molar-refractivity contribution in [3.05, 3.63) is 0 Å². The van der Waals surface area contributed by atoms with Crippen LogP contribution in [0.15, 0.2) is 0 Å². The summed E-state index contributed by atoms with van der Waals surface area (Å²) in [5, 5.41) is 0. The molecule has 0 saturated carbocycles. The Balaban J connectivity index is 0. The van der Waals surface area contributed by atoms with Crippen LogP contribution < -0.4 is 0 Å². The number of nitrogens with zero attached hydrogens (tertiary/aromatic N) is 1. The van der Waals surface area contributed by atoms with Crippen molar-refractivity contribution in [3.63, 3.8) is 0 Å². The minimum Gasteiger partial charge on any atom is -0.303 e. The van der Waals surface area contributed by atoms with Crippen molar-refractivity contribution in [2.75, 3.05) is 19.6 Å². The van der Waals surface area contributed by atoms with Crippen LogP contribution in [-0.2, 0) is 0 Å². The lowest BCUT2D eigenvalue weighted by Gasteiger charge is -2.21. The van der Waals surface area contributed by atoms with E-state index >= 15 is 0 Å². The quantitative estimate of drug-likeness (QED) is 0.471. The van der Waals surface area contributed by atoms with E-state index in [-0.39, 0.29) is 12.4 Å².